The van der Waals surface area contributed by atoms with Crippen LogP contribution in [0.1, 0.15) is 23.7 Å². The first kappa shape index (κ1) is 15.8. The molecule has 1 atom stereocenters. The lowest BCUT2D eigenvalue weighted by Crippen LogP contribution is -2.32. The summed E-state index contributed by atoms with van der Waals surface area (Å²) in [7, 11) is 0. The molecule has 2 aromatic carbocycles. The molecule has 2 nitrogen and oxygen atoms in total. The van der Waals surface area contributed by atoms with Crippen LogP contribution in [0.15, 0.2) is 54.6 Å². The summed E-state index contributed by atoms with van der Waals surface area (Å²) in [6, 6.07) is 13.5. The summed E-state index contributed by atoms with van der Waals surface area (Å²) in [4.78, 5) is 2.07. The van der Waals surface area contributed by atoms with E-state index < -0.39 is 17.7 Å². The Labute approximate surface area is 134 Å². The fourth-order valence-corrected chi connectivity index (χ4v) is 2.91. The summed E-state index contributed by atoms with van der Waals surface area (Å²) >= 11 is 0. The fraction of sp³-hybridized carbons (Fsp3) is 0.263. The molecule has 0 bridgehead atoms. The molecule has 120 valence electrons. The zero-order valence-corrected chi connectivity index (χ0v) is 12.8. The van der Waals surface area contributed by atoms with Crippen molar-refractivity contribution in [3.8, 4) is 0 Å². The van der Waals surface area contributed by atoms with Gasteiger partial charge < -0.3 is 5.11 Å². The number of hydrogen-bond acceptors (Lipinski definition) is 2. The number of benzene rings is 2. The summed E-state index contributed by atoms with van der Waals surface area (Å²) in [6.45, 7) is 1.85. The van der Waals surface area contributed by atoms with E-state index in [9.17, 15) is 13.9 Å². The second kappa shape index (κ2) is 7.02. The Balaban J connectivity index is 1.63. The Morgan fingerprint density at radius 3 is 2.52 bits per heavy atom. The van der Waals surface area contributed by atoms with Gasteiger partial charge in [0.05, 0.1) is 6.10 Å². The number of hydrogen-bond donors (Lipinski definition) is 1. The van der Waals surface area contributed by atoms with E-state index in [0.717, 1.165) is 19.0 Å². The molecule has 1 heterocycles. The van der Waals surface area contributed by atoms with E-state index in [-0.39, 0.29) is 5.56 Å². The molecule has 2 aromatic rings. The third-order valence-electron chi connectivity index (χ3n) is 4.19. The molecule has 1 N–H and O–H groups in total. The number of nitrogens with zero attached hydrogens (tertiary/aromatic N) is 1. The highest BCUT2D eigenvalue weighted by molar-refractivity contribution is 5.66. The molecule has 0 saturated carbocycles. The topological polar surface area (TPSA) is 23.5 Å². The Bertz CT molecular complexity index is 700. The van der Waals surface area contributed by atoms with Gasteiger partial charge in [0, 0.05) is 31.3 Å². The van der Waals surface area contributed by atoms with E-state index in [4.69, 9.17) is 0 Å². The highest BCUT2D eigenvalue weighted by Crippen LogP contribution is 2.24. The molecule has 4 heteroatoms. The first-order chi connectivity index (χ1) is 11.1. The summed E-state index contributed by atoms with van der Waals surface area (Å²) in [5.74, 6) is -1.33. The van der Waals surface area contributed by atoms with E-state index in [2.05, 4.69) is 23.1 Å². The van der Waals surface area contributed by atoms with Crippen LogP contribution in [-0.4, -0.2) is 29.6 Å². The lowest BCUT2D eigenvalue weighted by atomic mass is 9.99. The van der Waals surface area contributed by atoms with Gasteiger partial charge in [-0.15, -0.1) is 0 Å². The van der Waals surface area contributed by atoms with Gasteiger partial charge in [-0.2, -0.15) is 0 Å². The second-order valence-corrected chi connectivity index (χ2v) is 5.79. The Kier molecular flexibility index (Phi) is 4.84. The molecule has 1 aliphatic heterocycles. The van der Waals surface area contributed by atoms with E-state index in [1.807, 2.05) is 18.2 Å². The van der Waals surface area contributed by atoms with Crippen LogP contribution < -0.4 is 0 Å². The lowest BCUT2D eigenvalue weighted by Gasteiger charge is -2.28. The van der Waals surface area contributed by atoms with E-state index >= 15 is 0 Å². The molecular weight excluding hydrogens is 296 g/mol. The first-order valence-electron chi connectivity index (χ1n) is 7.73. The minimum Gasteiger partial charge on any atom is -0.387 e. The smallest absolute Gasteiger partial charge is 0.131 e. The minimum absolute atomic E-state index is 0.143. The molecule has 0 fully saturated rings. The maximum Gasteiger partial charge on any atom is 0.131 e. The SMILES string of the molecule is O[C@H](CN1CC=C(c2ccccc2)CC1)c1ccc(F)cc1F. The molecular formula is C19H19F2NO. The van der Waals surface area contributed by atoms with Crippen molar-refractivity contribution in [3.05, 3.63) is 77.4 Å². The molecule has 0 amide bonds. The van der Waals surface area contributed by atoms with Crippen LogP contribution in [0.25, 0.3) is 5.57 Å². The molecule has 3 rings (SSSR count). The van der Waals surface area contributed by atoms with Gasteiger partial charge in [-0.3, -0.25) is 4.90 Å². The number of halogens is 2. The number of β-amino-alcohol motifs (C(OH)–C–C–N with tert-alkyl or cyclic N) is 1. The standard InChI is InChI=1S/C19H19F2NO/c20-16-6-7-17(18(21)12-16)19(23)13-22-10-8-15(9-11-22)14-4-2-1-3-5-14/h1-8,12,19,23H,9-11,13H2/t19-/m1/s1. The molecule has 0 spiro atoms. The number of aliphatic hydroxyl groups excluding tert-OH is 1. The van der Waals surface area contributed by atoms with Crippen molar-refractivity contribution in [3.63, 3.8) is 0 Å². The van der Waals surface area contributed by atoms with Crippen LogP contribution in [0.2, 0.25) is 0 Å². The van der Waals surface area contributed by atoms with Crippen LogP contribution in [0.3, 0.4) is 0 Å². The van der Waals surface area contributed by atoms with Crippen LogP contribution in [0.4, 0.5) is 8.78 Å². The van der Waals surface area contributed by atoms with E-state index in [0.29, 0.717) is 13.1 Å². The van der Waals surface area contributed by atoms with Crippen LogP contribution in [0.5, 0.6) is 0 Å². The maximum atomic E-state index is 13.7. The third kappa shape index (κ3) is 3.84. The first-order valence-corrected chi connectivity index (χ1v) is 7.73. The molecule has 23 heavy (non-hydrogen) atoms. The van der Waals surface area contributed by atoms with Gasteiger partial charge in [-0.1, -0.05) is 42.5 Å². The summed E-state index contributed by atoms with van der Waals surface area (Å²) < 4.78 is 26.6. The largest absolute Gasteiger partial charge is 0.387 e. The van der Waals surface area contributed by atoms with Gasteiger partial charge in [-0.05, 0) is 23.6 Å². The average molecular weight is 315 g/mol. The van der Waals surface area contributed by atoms with Crippen molar-refractivity contribution in [2.24, 2.45) is 0 Å². The van der Waals surface area contributed by atoms with Crippen molar-refractivity contribution in [2.45, 2.75) is 12.5 Å². The fourth-order valence-electron chi connectivity index (χ4n) is 2.91. The molecule has 0 aromatic heterocycles. The highest BCUT2D eigenvalue weighted by Gasteiger charge is 2.19. The van der Waals surface area contributed by atoms with Crippen molar-refractivity contribution in [1.29, 1.82) is 0 Å². The quantitative estimate of drug-likeness (QED) is 0.928. The zero-order valence-electron chi connectivity index (χ0n) is 12.8. The van der Waals surface area contributed by atoms with Gasteiger partial charge in [0.2, 0.25) is 0 Å². The van der Waals surface area contributed by atoms with Gasteiger partial charge in [0.25, 0.3) is 0 Å². The zero-order chi connectivity index (χ0) is 16.2. The molecule has 0 unspecified atom stereocenters. The van der Waals surface area contributed by atoms with Crippen molar-refractivity contribution in [2.75, 3.05) is 19.6 Å². The average Bonchev–Trinajstić information content (AvgIpc) is 2.56. The second-order valence-electron chi connectivity index (χ2n) is 5.79. The maximum absolute atomic E-state index is 13.7. The van der Waals surface area contributed by atoms with Gasteiger partial charge in [0.15, 0.2) is 0 Å². The van der Waals surface area contributed by atoms with Gasteiger partial charge >= 0.3 is 0 Å². The highest BCUT2D eigenvalue weighted by atomic mass is 19.1. The summed E-state index contributed by atoms with van der Waals surface area (Å²) in [6.07, 6.45) is 2.08. The number of aliphatic hydroxyl groups is 1. The predicted molar refractivity (Wildman–Crippen MR) is 86.8 cm³/mol. The normalized spacial score (nSPS) is 16.9. The lowest BCUT2D eigenvalue weighted by molar-refractivity contribution is 0.116. The summed E-state index contributed by atoms with van der Waals surface area (Å²) in [5.41, 5.74) is 2.66. The van der Waals surface area contributed by atoms with Gasteiger partial charge in [0.1, 0.15) is 11.6 Å². The third-order valence-corrected chi connectivity index (χ3v) is 4.19. The number of rotatable bonds is 4. The molecule has 0 saturated heterocycles. The summed E-state index contributed by atoms with van der Waals surface area (Å²) in [5, 5.41) is 10.2. The molecule has 1 aliphatic rings. The Morgan fingerprint density at radius 1 is 1.09 bits per heavy atom. The molecule has 0 radical (unpaired) electrons. The molecule has 0 aliphatic carbocycles. The van der Waals surface area contributed by atoms with Gasteiger partial charge in [-0.25, -0.2) is 8.78 Å². The van der Waals surface area contributed by atoms with Crippen LogP contribution in [-0.2, 0) is 0 Å². The Morgan fingerprint density at radius 2 is 1.87 bits per heavy atom. The van der Waals surface area contributed by atoms with E-state index in [1.54, 1.807) is 0 Å². The Hall–Kier alpha value is -2.04. The minimum atomic E-state index is -0.956. The monoisotopic (exact) mass is 315 g/mol. The van der Waals surface area contributed by atoms with Crippen molar-refractivity contribution >= 4 is 5.57 Å². The predicted octanol–water partition coefficient (Wildman–Crippen LogP) is 3.79. The van der Waals surface area contributed by atoms with Crippen LogP contribution >= 0.6 is 0 Å². The van der Waals surface area contributed by atoms with Crippen LogP contribution in [0, 0.1) is 11.6 Å². The van der Waals surface area contributed by atoms with Crippen molar-refractivity contribution in [1.82, 2.24) is 4.90 Å². The van der Waals surface area contributed by atoms with Crippen molar-refractivity contribution < 1.29 is 13.9 Å². The van der Waals surface area contributed by atoms with E-state index in [1.165, 1.54) is 23.3 Å².